The van der Waals surface area contributed by atoms with Gasteiger partial charge in [0.1, 0.15) is 16.9 Å². The summed E-state index contributed by atoms with van der Waals surface area (Å²) in [5.41, 5.74) is 2.05. The Balaban J connectivity index is 1.63. The van der Waals surface area contributed by atoms with Crippen LogP contribution in [-0.4, -0.2) is 46.3 Å². The number of hydrogen-bond acceptors (Lipinski definition) is 4. The molecular weight excluding hydrogens is 364 g/mol. The van der Waals surface area contributed by atoms with Gasteiger partial charge in [-0.1, -0.05) is 25.1 Å². The Labute approximate surface area is 159 Å². The summed E-state index contributed by atoms with van der Waals surface area (Å²) in [6.07, 6.45) is 0.736. The first-order chi connectivity index (χ1) is 13.1. The molecule has 1 saturated heterocycles. The molecule has 2 atom stereocenters. The van der Waals surface area contributed by atoms with Crippen LogP contribution in [0.5, 0.6) is 5.75 Å². The standard InChI is InChI=1S/C20H22N2O4S/c1-13-7-8-22(9-10-27(13)24)20(23)21-16-12-18-15(11-19(16)25-2)14-5-3-4-6-17(14)26-18/h3-6,11-13H,7-10H2,1-2H3,(H,21,23)/t13-,27-/m0/s1. The molecule has 3 aromatic rings. The van der Waals surface area contributed by atoms with Crippen molar-refractivity contribution in [1.29, 1.82) is 0 Å². The van der Waals surface area contributed by atoms with Crippen molar-refractivity contribution >= 4 is 44.5 Å². The van der Waals surface area contributed by atoms with Gasteiger partial charge in [-0.3, -0.25) is 4.21 Å². The zero-order chi connectivity index (χ0) is 19.0. The third-order valence-corrected chi connectivity index (χ3v) is 6.76. The van der Waals surface area contributed by atoms with Crippen molar-refractivity contribution in [3.63, 3.8) is 0 Å². The van der Waals surface area contributed by atoms with Gasteiger partial charge in [0.2, 0.25) is 0 Å². The molecule has 0 saturated carbocycles. The second kappa shape index (κ2) is 7.23. The number of benzene rings is 2. The third kappa shape index (κ3) is 3.39. The number of furan rings is 1. The summed E-state index contributed by atoms with van der Waals surface area (Å²) in [6.45, 7) is 3.04. The predicted octanol–water partition coefficient (Wildman–Crippen LogP) is 3.97. The predicted molar refractivity (Wildman–Crippen MR) is 108 cm³/mol. The minimum atomic E-state index is -0.881. The van der Waals surface area contributed by atoms with Gasteiger partial charge in [0, 0.05) is 51.7 Å². The van der Waals surface area contributed by atoms with Crippen LogP contribution >= 0.6 is 0 Å². The molecule has 2 aromatic carbocycles. The number of fused-ring (bicyclic) bond motifs is 3. The van der Waals surface area contributed by atoms with E-state index < -0.39 is 10.8 Å². The van der Waals surface area contributed by atoms with Gasteiger partial charge in [0.05, 0.1) is 12.8 Å². The summed E-state index contributed by atoms with van der Waals surface area (Å²) in [4.78, 5) is 14.5. The molecule has 1 aliphatic rings. The van der Waals surface area contributed by atoms with E-state index in [2.05, 4.69) is 5.32 Å². The van der Waals surface area contributed by atoms with Crippen LogP contribution in [0.4, 0.5) is 10.5 Å². The first kappa shape index (κ1) is 17.9. The molecule has 0 unspecified atom stereocenters. The lowest BCUT2D eigenvalue weighted by molar-refractivity contribution is 0.215. The molecule has 1 N–H and O–H groups in total. The molecule has 1 fully saturated rings. The number of ether oxygens (including phenoxy) is 1. The van der Waals surface area contributed by atoms with Gasteiger partial charge in [-0.15, -0.1) is 0 Å². The molecule has 1 aliphatic heterocycles. The first-order valence-electron chi connectivity index (χ1n) is 8.99. The summed E-state index contributed by atoms with van der Waals surface area (Å²) in [7, 11) is 0.698. The van der Waals surface area contributed by atoms with E-state index in [1.807, 2.05) is 37.3 Å². The summed E-state index contributed by atoms with van der Waals surface area (Å²) >= 11 is 0. The number of hydrogen-bond donors (Lipinski definition) is 1. The van der Waals surface area contributed by atoms with Crippen molar-refractivity contribution in [2.75, 3.05) is 31.3 Å². The highest BCUT2D eigenvalue weighted by atomic mass is 32.2. The number of urea groups is 1. The lowest BCUT2D eigenvalue weighted by Gasteiger charge is -2.21. The van der Waals surface area contributed by atoms with Crippen LogP contribution in [-0.2, 0) is 10.8 Å². The maximum atomic E-state index is 12.7. The number of para-hydroxylation sites is 1. The van der Waals surface area contributed by atoms with Gasteiger partial charge in [-0.2, -0.15) is 0 Å². The summed E-state index contributed by atoms with van der Waals surface area (Å²) in [6, 6.07) is 11.3. The van der Waals surface area contributed by atoms with Gasteiger partial charge in [-0.25, -0.2) is 4.79 Å². The van der Waals surface area contributed by atoms with Crippen LogP contribution in [0.3, 0.4) is 0 Å². The lowest BCUT2D eigenvalue weighted by atomic mass is 10.1. The molecule has 2 amide bonds. The Kier molecular flexibility index (Phi) is 4.78. The zero-order valence-corrected chi connectivity index (χ0v) is 16.2. The van der Waals surface area contributed by atoms with Gasteiger partial charge >= 0.3 is 6.03 Å². The van der Waals surface area contributed by atoms with Gasteiger partial charge in [0.15, 0.2) is 0 Å². The number of carbonyl (C=O) groups excluding carboxylic acids is 1. The molecule has 6 nitrogen and oxygen atoms in total. The minimum absolute atomic E-state index is 0.115. The van der Waals surface area contributed by atoms with E-state index in [0.717, 1.165) is 22.8 Å². The number of anilines is 1. The van der Waals surface area contributed by atoms with Crippen molar-refractivity contribution in [1.82, 2.24) is 4.90 Å². The van der Waals surface area contributed by atoms with Crippen LogP contribution in [0.25, 0.3) is 21.9 Å². The maximum absolute atomic E-state index is 12.7. The van der Waals surface area contributed by atoms with Crippen molar-refractivity contribution < 1.29 is 18.2 Å². The molecule has 4 rings (SSSR count). The molecule has 0 radical (unpaired) electrons. The molecule has 2 heterocycles. The molecule has 27 heavy (non-hydrogen) atoms. The van der Waals surface area contributed by atoms with Crippen molar-refractivity contribution in [2.45, 2.75) is 18.6 Å². The molecular formula is C20H22N2O4S. The Bertz CT molecular complexity index is 1030. The van der Waals surface area contributed by atoms with Crippen LogP contribution in [0, 0.1) is 0 Å². The van der Waals surface area contributed by atoms with E-state index in [0.29, 0.717) is 35.9 Å². The fraction of sp³-hybridized carbons (Fsp3) is 0.350. The second-order valence-corrected chi connectivity index (χ2v) is 8.72. The Morgan fingerprint density at radius 2 is 2.04 bits per heavy atom. The zero-order valence-electron chi connectivity index (χ0n) is 15.4. The Morgan fingerprint density at radius 1 is 1.22 bits per heavy atom. The normalized spacial score (nSPS) is 20.6. The third-order valence-electron chi connectivity index (χ3n) is 5.04. The van der Waals surface area contributed by atoms with Crippen LogP contribution in [0.2, 0.25) is 0 Å². The minimum Gasteiger partial charge on any atom is -0.495 e. The molecule has 0 spiro atoms. The molecule has 0 aliphatic carbocycles. The average molecular weight is 386 g/mol. The number of methoxy groups -OCH3 is 1. The van der Waals surface area contributed by atoms with E-state index in [1.165, 1.54) is 0 Å². The topological polar surface area (TPSA) is 71.8 Å². The largest absolute Gasteiger partial charge is 0.495 e. The summed E-state index contributed by atoms with van der Waals surface area (Å²) in [5.74, 6) is 1.09. The Hall–Kier alpha value is -2.54. The van der Waals surface area contributed by atoms with Crippen molar-refractivity contribution in [2.24, 2.45) is 0 Å². The molecule has 7 heteroatoms. The number of amides is 2. The van der Waals surface area contributed by atoms with Crippen LogP contribution in [0.15, 0.2) is 40.8 Å². The molecule has 142 valence electrons. The van der Waals surface area contributed by atoms with Crippen LogP contribution in [0.1, 0.15) is 13.3 Å². The summed E-state index contributed by atoms with van der Waals surface area (Å²) in [5, 5.41) is 4.99. The van der Waals surface area contributed by atoms with Crippen molar-refractivity contribution in [3.8, 4) is 5.75 Å². The van der Waals surface area contributed by atoms with Crippen molar-refractivity contribution in [3.05, 3.63) is 36.4 Å². The SMILES string of the molecule is COc1cc2c(cc1NC(=O)N1CC[C@H](C)[S@@](=O)CC1)oc1ccccc12. The average Bonchev–Trinajstić information content (AvgIpc) is 2.94. The second-order valence-electron chi connectivity index (χ2n) is 6.75. The fourth-order valence-corrected chi connectivity index (χ4v) is 4.57. The summed E-state index contributed by atoms with van der Waals surface area (Å²) < 4.78 is 23.4. The first-order valence-corrected chi connectivity index (χ1v) is 10.4. The number of nitrogens with one attached hydrogen (secondary N) is 1. The Morgan fingerprint density at radius 3 is 2.85 bits per heavy atom. The smallest absolute Gasteiger partial charge is 0.321 e. The highest BCUT2D eigenvalue weighted by Crippen LogP contribution is 2.36. The number of carbonyl (C=O) groups is 1. The number of rotatable bonds is 2. The molecule has 1 aromatic heterocycles. The highest BCUT2D eigenvalue weighted by molar-refractivity contribution is 7.85. The van der Waals surface area contributed by atoms with Gasteiger partial charge in [-0.05, 0) is 18.6 Å². The van der Waals surface area contributed by atoms with E-state index in [1.54, 1.807) is 18.1 Å². The number of nitrogens with zero attached hydrogens (tertiary/aromatic N) is 1. The van der Waals surface area contributed by atoms with Crippen LogP contribution < -0.4 is 10.1 Å². The highest BCUT2D eigenvalue weighted by Gasteiger charge is 2.23. The van der Waals surface area contributed by atoms with E-state index >= 15 is 0 Å². The molecule has 0 bridgehead atoms. The van der Waals surface area contributed by atoms with E-state index in [-0.39, 0.29) is 11.3 Å². The quantitative estimate of drug-likeness (QED) is 0.723. The van der Waals surface area contributed by atoms with E-state index in [4.69, 9.17) is 9.15 Å². The fourth-order valence-electron chi connectivity index (χ4n) is 3.40. The monoisotopic (exact) mass is 386 g/mol. The van der Waals surface area contributed by atoms with E-state index in [9.17, 15) is 9.00 Å². The van der Waals surface area contributed by atoms with Gasteiger partial charge in [0.25, 0.3) is 0 Å². The lowest BCUT2D eigenvalue weighted by Crippen LogP contribution is -2.36. The van der Waals surface area contributed by atoms with Gasteiger partial charge < -0.3 is 19.4 Å². The maximum Gasteiger partial charge on any atom is 0.321 e.